The van der Waals surface area contributed by atoms with Crippen LogP contribution in [-0.2, 0) is 19.1 Å². The van der Waals surface area contributed by atoms with Crippen molar-refractivity contribution in [1.82, 2.24) is 10.4 Å². The van der Waals surface area contributed by atoms with Crippen LogP contribution in [0.25, 0.3) is 0 Å². The van der Waals surface area contributed by atoms with Crippen LogP contribution in [0.4, 0.5) is 5.69 Å². The largest absolute Gasteiger partial charge is 0.492 e. The normalized spacial score (nSPS) is 15.3. The number of hydrogen-bond acceptors (Lipinski definition) is 6. The molecule has 2 aromatic rings. The lowest BCUT2D eigenvalue weighted by Crippen LogP contribution is -2.43. The van der Waals surface area contributed by atoms with Crippen molar-refractivity contribution in [3.05, 3.63) is 60.2 Å². The van der Waals surface area contributed by atoms with E-state index in [2.05, 4.69) is 10.7 Å². The molecule has 0 bridgehead atoms. The van der Waals surface area contributed by atoms with Gasteiger partial charge in [0, 0.05) is 12.0 Å². The molecule has 0 unspecified atom stereocenters. The van der Waals surface area contributed by atoms with Crippen LogP contribution >= 0.6 is 0 Å². The molecule has 1 atom stereocenters. The minimum absolute atomic E-state index is 0.0228. The van der Waals surface area contributed by atoms with Gasteiger partial charge in [-0.3, -0.25) is 29.6 Å². The number of benzene rings is 2. The Bertz CT molecular complexity index is 963. The minimum atomic E-state index is -0.771. The number of nitrogens with one attached hydrogen (secondary N) is 2. The molecule has 1 heterocycles. The molecule has 9 heteroatoms. The molecule has 0 aromatic heterocycles. The van der Waals surface area contributed by atoms with E-state index >= 15 is 0 Å². The molecule has 0 saturated carbocycles. The van der Waals surface area contributed by atoms with Gasteiger partial charge >= 0.3 is 5.97 Å². The molecule has 0 spiro atoms. The fraction of sp³-hybridized carbons (Fsp3) is 0.273. The summed E-state index contributed by atoms with van der Waals surface area (Å²) in [4.78, 5) is 48.8. The number of hydrogen-bond donors (Lipinski definition) is 2. The summed E-state index contributed by atoms with van der Waals surface area (Å²) in [6.07, 6.45) is -0.108. The third kappa shape index (κ3) is 5.81. The first kappa shape index (κ1) is 21.8. The molecule has 31 heavy (non-hydrogen) atoms. The van der Waals surface area contributed by atoms with Crippen LogP contribution in [0.2, 0.25) is 0 Å². The Hall–Kier alpha value is -3.88. The number of carbonyl (C=O) groups is 4. The van der Waals surface area contributed by atoms with Crippen LogP contribution in [-0.4, -0.2) is 48.5 Å². The number of nitrogens with zero attached hydrogens (tertiary/aromatic N) is 1. The van der Waals surface area contributed by atoms with Crippen molar-refractivity contribution < 1.29 is 28.7 Å². The molecule has 3 rings (SSSR count). The summed E-state index contributed by atoms with van der Waals surface area (Å²) >= 11 is 0. The maximum Gasteiger partial charge on any atom is 0.311 e. The zero-order valence-corrected chi connectivity index (χ0v) is 17.0. The highest BCUT2D eigenvalue weighted by Gasteiger charge is 2.36. The molecule has 2 N–H and O–H groups in total. The Morgan fingerprint density at radius 3 is 2.52 bits per heavy atom. The Kier molecular flexibility index (Phi) is 7.21. The van der Waals surface area contributed by atoms with Gasteiger partial charge in [0.25, 0.3) is 11.8 Å². The quantitative estimate of drug-likeness (QED) is 0.623. The van der Waals surface area contributed by atoms with Crippen molar-refractivity contribution in [1.29, 1.82) is 0 Å². The minimum Gasteiger partial charge on any atom is -0.492 e. The molecule has 0 aliphatic carbocycles. The number of rotatable bonds is 8. The van der Waals surface area contributed by atoms with Gasteiger partial charge in [-0.2, -0.15) is 0 Å². The van der Waals surface area contributed by atoms with Gasteiger partial charge in [0.15, 0.2) is 6.61 Å². The average molecular weight is 425 g/mol. The molecular formula is C22H23N3O6. The summed E-state index contributed by atoms with van der Waals surface area (Å²) in [6, 6.07) is 15.3. The van der Waals surface area contributed by atoms with E-state index in [1.54, 1.807) is 54.6 Å². The van der Waals surface area contributed by atoms with Crippen molar-refractivity contribution in [2.75, 3.05) is 25.1 Å². The highest BCUT2D eigenvalue weighted by atomic mass is 16.5. The summed E-state index contributed by atoms with van der Waals surface area (Å²) in [7, 11) is 0. The number of esters is 1. The Morgan fingerprint density at radius 1 is 1.06 bits per heavy atom. The summed E-state index contributed by atoms with van der Waals surface area (Å²) in [5.74, 6) is -2.32. The van der Waals surface area contributed by atoms with Crippen molar-refractivity contribution in [2.24, 2.45) is 5.92 Å². The van der Waals surface area contributed by atoms with Crippen molar-refractivity contribution in [3.8, 4) is 5.75 Å². The lowest BCUT2D eigenvalue weighted by Gasteiger charge is -2.17. The number of carbonyl (C=O) groups excluding carboxylic acids is 4. The van der Waals surface area contributed by atoms with Crippen LogP contribution in [0.15, 0.2) is 54.6 Å². The molecular weight excluding hydrogens is 402 g/mol. The number of anilines is 1. The van der Waals surface area contributed by atoms with Crippen LogP contribution in [0.5, 0.6) is 5.75 Å². The summed E-state index contributed by atoms with van der Waals surface area (Å²) < 4.78 is 10.5. The highest BCUT2D eigenvalue weighted by molar-refractivity contribution is 5.97. The molecule has 1 fully saturated rings. The molecule has 1 aliphatic rings. The number of para-hydroxylation sites is 2. The monoisotopic (exact) mass is 425 g/mol. The Balaban J connectivity index is 1.48. The second-order valence-corrected chi connectivity index (χ2v) is 6.80. The topological polar surface area (TPSA) is 114 Å². The zero-order valence-electron chi connectivity index (χ0n) is 17.0. The van der Waals surface area contributed by atoms with Crippen LogP contribution in [0, 0.1) is 5.92 Å². The SMILES string of the molecule is CCOc1ccccc1NC(=O)COC(=O)[C@@H]1CC(=O)N(NC(=O)c2ccccc2)C1. The maximum absolute atomic E-state index is 12.3. The standard InChI is InChI=1S/C22H23N3O6/c1-2-30-18-11-7-6-10-17(18)23-19(26)14-31-22(29)16-12-20(27)25(13-16)24-21(28)15-8-4-3-5-9-15/h3-11,16H,2,12-14H2,1H3,(H,23,26)(H,24,28)/t16-/m1/s1. The van der Waals surface area contributed by atoms with Crippen molar-refractivity contribution in [2.45, 2.75) is 13.3 Å². The van der Waals surface area contributed by atoms with Crippen LogP contribution in [0.1, 0.15) is 23.7 Å². The van der Waals surface area contributed by atoms with E-state index in [9.17, 15) is 19.2 Å². The van der Waals surface area contributed by atoms with E-state index in [4.69, 9.17) is 9.47 Å². The van der Waals surface area contributed by atoms with Crippen LogP contribution in [0.3, 0.4) is 0 Å². The Labute approximate surface area is 179 Å². The lowest BCUT2D eigenvalue weighted by atomic mass is 10.1. The number of hydrazine groups is 1. The first-order valence-corrected chi connectivity index (χ1v) is 9.82. The predicted molar refractivity (Wildman–Crippen MR) is 111 cm³/mol. The molecule has 9 nitrogen and oxygen atoms in total. The van der Waals surface area contributed by atoms with E-state index in [0.29, 0.717) is 23.6 Å². The van der Waals surface area contributed by atoms with Gasteiger partial charge < -0.3 is 14.8 Å². The summed E-state index contributed by atoms with van der Waals surface area (Å²) in [6.45, 7) is 1.75. The van der Waals surface area contributed by atoms with Crippen LogP contribution < -0.4 is 15.5 Å². The maximum atomic E-state index is 12.3. The predicted octanol–water partition coefficient (Wildman–Crippen LogP) is 1.76. The van der Waals surface area contributed by atoms with Crippen molar-refractivity contribution in [3.63, 3.8) is 0 Å². The molecule has 3 amide bonds. The van der Waals surface area contributed by atoms with Gasteiger partial charge in [-0.05, 0) is 31.2 Å². The van der Waals surface area contributed by atoms with Gasteiger partial charge in [0.2, 0.25) is 5.91 Å². The number of ether oxygens (including phenoxy) is 2. The van der Waals surface area contributed by atoms with Gasteiger partial charge in [-0.1, -0.05) is 30.3 Å². The smallest absolute Gasteiger partial charge is 0.311 e. The Morgan fingerprint density at radius 2 is 1.77 bits per heavy atom. The van der Waals surface area contributed by atoms with Gasteiger partial charge in [-0.25, -0.2) is 0 Å². The first-order chi connectivity index (χ1) is 15.0. The summed E-state index contributed by atoms with van der Waals surface area (Å²) in [5, 5.41) is 3.72. The lowest BCUT2D eigenvalue weighted by molar-refractivity contribution is -0.151. The van der Waals surface area contributed by atoms with Crippen molar-refractivity contribution >= 4 is 29.4 Å². The van der Waals surface area contributed by atoms with Gasteiger partial charge in [0.1, 0.15) is 5.75 Å². The highest BCUT2D eigenvalue weighted by Crippen LogP contribution is 2.23. The molecule has 0 radical (unpaired) electrons. The zero-order chi connectivity index (χ0) is 22.2. The second-order valence-electron chi connectivity index (χ2n) is 6.80. The van der Waals surface area contributed by atoms with E-state index < -0.39 is 36.2 Å². The first-order valence-electron chi connectivity index (χ1n) is 9.82. The molecule has 2 aromatic carbocycles. The number of amides is 3. The van der Waals surface area contributed by atoms with E-state index in [0.717, 1.165) is 5.01 Å². The summed E-state index contributed by atoms with van der Waals surface area (Å²) in [5.41, 5.74) is 3.35. The molecule has 162 valence electrons. The van der Waals surface area contributed by atoms with Gasteiger partial charge in [-0.15, -0.1) is 0 Å². The third-order valence-corrected chi connectivity index (χ3v) is 4.54. The fourth-order valence-corrected chi connectivity index (χ4v) is 3.04. The van der Waals surface area contributed by atoms with E-state index in [1.165, 1.54) is 0 Å². The second kappa shape index (κ2) is 10.2. The van der Waals surface area contributed by atoms with Gasteiger partial charge in [0.05, 0.1) is 24.8 Å². The molecule has 1 aliphatic heterocycles. The fourth-order valence-electron chi connectivity index (χ4n) is 3.04. The van der Waals surface area contributed by atoms with E-state index in [1.807, 2.05) is 6.92 Å². The molecule has 1 saturated heterocycles. The van der Waals surface area contributed by atoms with E-state index in [-0.39, 0.29) is 13.0 Å². The third-order valence-electron chi connectivity index (χ3n) is 4.54. The average Bonchev–Trinajstić information content (AvgIpc) is 3.14.